The van der Waals surface area contributed by atoms with Crippen molar-refractivity contribution in [3.8, 4) is 0 Å². The standard InChI is InChI=1S/C18H14ClF4N3S/c19-15-3-2-12(8-14(15)18(21,22)23)26-17(27)24-6-5-10-9-25-16-4-1-11(20)7-13(10)16/h1-4,7-9,25H,5-6H2,(H2,24,26,27). The first-order valence-electron chi connectivity index (χ1n) is 7.91. The summed E-state index contributed by atoms with van der Waals surface area (Å²) in [7, 11) is 0. The first-order chi connectivity index (χ1) is 12.7. The van der Waals surface area contributed by atoms with Crippen molar-refractivity contribution in [2.24, 2.45) is 0 Å². The number of hydrogen-bond acceptors (Lipinski definition) is 1. The maximum absolute atomic E-state index is 13.4. The summed E-state index contributed by atoms with van der Waals surface area (Å²) in [4.78, 5) is 3.06. The molecule has 0 aliphatic carbocycles. The normalized spacial score (nSPS) is 11.6. The first-order valence-corrected chi connectivity index (χ1v) is 8.70. The van der Waals surface area contributed by atoms with Crippen LogP contribution in [0.3, 0.4) is 0 Å². The molecular weight excluding hydrogens is 402 g/mol. The molecule has 0 bridgehead atoms. The summed E-state index contributed by atoms with van der Waals surface area (Å²) >= 11 is 10.7. The van der Waals surface area contributed by atoms with Crippen LogP contribution >= 0.6 is 23.8 Å². The van der Waals surface area contributed by atoms with Gasteiger partial charge in [-0.1, -0.05) is 11.6 Å². The Hall–Kier alpha value is -2.32. The quantitative estimate of drug-likeness (QED) is 0.389. The second kappa shape index (κ2) is 7.74. The van der Waals surface area contributed by atoms with E-state index in [0.29, 0.717) is 13.0 Å². The molecule has 3 N–H and O–H groups in total. The number of hydrogen-bond donors (Lipinski definition) is 3. The smallest absolute Gasteiger partial charge is 0.362 e. The Labute approximate surface area is 162 Å². The van der Waals surface area contributed by atoms with Crippen LogP contribution in [0, 0.1) is 5.82 Å². The van der Waals surface area contributed by atoms with Crippen LogP contribution < -0.4 is 10.6 Å². The van der Waals surface area contributed by atoms with Gasteiger partial charge in [0.15, 0.2) is 5.11 Å². The number of benzene rings is 2. The monoisotopic (exact) mass is 415 g/mol. The van der Waals surface area contributed by atoms with Gasteiger partial charge in [0, 0.05) is 29.3 Å². The molecule has 1 heterocycles. The number of fused-ring (bicyclic) bond motifs is 1. The molecule has 3 aromatic rings. The molecule has 0 aliphatic heterocycles. The molecule has 27 heavy (non-hydrogen) atoms. The molecule has 0 atom stereocenters. The van der Waals surface area contributed by atoms with Crippen LogP contribution in [0.4, 0.5) is 23.2 Å². The van der Waals surface area contributed by atoms with Crippen LogP contribution in [-0.4, -0.2) is 16.6 Å². The summed E-state index contributed by atoms with van der Waals surface area (Å²) in [5.74, 6) is -0.322. The summed E-state index contributed by atoms with van der Waals surface area (Å²) in [6.45, 7) is 0.426. The second-order valence-corrected chi connectivity index (χ2v) is 6.64. The highest BCUT2D eigenvalue weighted by molar-refractivity contribution is 7.80. The minimum absolute atomic E-state index is 0.177. The van der Waals surface area contributed by atoms with Gasteiger partial charge in [-0.3, -0.25) is 0 Å². The third-order valence-electron chi connectivity index (χ3n) is 3.94. The summed E-state index contributed by atoms with van der Waals surface area (Å²) in [6.07, 6.45) is -2.20. The minimum atomic E-state index is -4.55. The van der Waals surface area contributed by atoms with Gasteiger partial charge in [-0.25, -0.2) is 4.39 Å². The molecular formula is C18H14ClF4N3S. The van der Waals surface area contributed by atoms with Gasteiger partial charge in [0.1, 0.15) is 5.82 Å². The second-order valence-electron chi connectivity index (χ2n) is 5.83. The van der Waals surface area contributed by atoms with E-state index in [-0.39, 0.29) is 21.6 Å². The number of rotatable bonds is 4. The number of aromatic nitrogens is 1. The third kappa shape index (κ3) is 4.70. The maximum Gasteiger partial charge on any atom is 0.417 e. The average molecular weight is 416 g/mol. The van der Waals surface area contributed by atoms with Crippen LogP contribution in [0.25, 0.3) is 10.9 Å². The fourth-order valence-corrected chi connectivity index (χ4v) is 3.11. The van der Waals surface area contributed by atoms with Gasteiger partial charge in [0.05, 0.1) is 10.6 Å². The highest BCUT2D eigenvalue weighted by atomic mass is 35.5. The van der Waals surface area contributed by atoms with Gasteiger partial charge in [-0.2, -0.15) is 13.2 Å². The molecule has 0 unspecified atom stereocenters. The predicted octanol–water partition coefficient (Wildman–Crippen LogP) is 5.51. The summed E-state index contributed by atoms with van der Waals surface area (Å²) in [6, 6.07) is 7.96. The first kappa shape index (κ1) is 19.4. The molecule has 0 fully saturated rings. The molecule has 142 valence electrons. The molecule has 0 spiro atoms. The van der Waals surface area contributed by atoms with Crippen LogP contribution in [0.15, 0.2) is 42.6 Å². The van der Waals surface area contributed by atoms with Crippen molar-refractivity contribution >= 4 is 45.5 Å². The van der Waals surface area contributed by atoms with Crippen molar-refractivity contribution in [1.29, 1.82) is 0 Å². The molecule has 0 aliphatic rings. The Morgan fingerprint density at radius 1 is 1.15 bits per heavy atom. The lowest BCUT2D eigenvalue weighted by atomic mass is 10.1. The number of halogens is 5. The molecule has 0 amide bonds. The van der Waals surface area contributed by atoms with Crippen LogP contribution in [-0.2, 0) is 12.6 Å². The highest BCUT2D eigenvalue weighted by Crippen LogP contribution is 2.36. The van der Waals surface area contributed by atoms with E-state index in [9.17, 15) is 17.6 Å². The molecule has 3 nitrogen and oxygen atoms in total. The lowest BCUT2D eigenvalue weighted by molar-refractivity contribution is -0.137. The summed E-state index contributed by atoms with van der Waals surface area (Å²) in [5, 5.41) is 6.20. The maximum atomic E-state index is 13.4. The van der Waals surface area contributed by atoms with Crippen molar-refractivity contribution < 1.29 is 17.6 Å². The summed E-state index contributed by atoms with van der Waals surface area (Å²) in [5.41, 5.74) is 0.981. The van der Waals surface area contributed by atoms with Gasteiger partial charge in [-0.05, 0) is 60.6 Å². The van der Waals surface area contributed by atoms with Crippen molar-refractivity contribution in [3.05, 3.63) is 64.6 Å². The molecule has 0 saturated heterocycles. The molecule has 2 aromatic carbocycles. The van der Waals surface area contributed by atoms with E-state index < -0.39 is 11.7 Å². The van der Waals surface area contributed by atoms with E-state index in [1.54, 1.807) is 12.3 Å². The Bertz CT molecular complexity index is 984. The van der Waals surface area contributed by atoms with Crippen LogP contribution in [0.5, 0.6) is 0 Å². The van der Waals surface area contributed by atoms with E-state index in [1.165, 1.54) is 18.2 Å². The fourth-order valence-electron chi connectivity index (χ4n) is 2.66. The number of aromatic amines is 1. The van der Waals surface area contributed by atoms with Crippen molar-refractivity contribution in [1.82, 2.24) is 10.3 Å². The Morgan fingerprint density at radius 2 is 1.93 bits per heavy atom. The Morgan fingerprint density at radius 3 is 2.67 bits per heavy atom. The SMILES string of the molecule is Fc1ccc2[nH]cc(CCNC(=S)Nc3ccc(Cl)c(C(F)(F)F)c3)c2c1. The van der Waals surface area contributed by atoms with Crippen molar-refractivity contribution in [3.63, 3.8) is 0 Å². The van der Waals surface area contributed by atoms with Gasteiger partial charge >= 0.3 is 6.18 Å². The number of H-pyrrole nitrogens is 1. The van der Waals surface area contributed by atoms with E-state index in [1.807, 2.05) is 0 Å². The predicted molar refractivity (Wildman–Crippen MR) is 103 cm³/mol. The third-order valence-corrected chi connectivity index (χ3v) is 4.51. The molecule has 9 heteroatoms. The Balaban J connectivity index is 1.59. The van der Waals surface area contributed by atoms with Gasteiger partial charge < -0.3 is 15.6 Å². The molecule has 1 aromatic heterocycles. The van der Waals surface area contributed by atoms with E-state index in [4.69, 9.17) is 23.8 Å². The molecule has 3 rings (SSSR count). The fraction of sp³-hybridized carbons (Fsp3) is 0.167. The van der Waals surface area contributed by atoms with Crippen molar-refractivity contribution in [2.45, 2.75) is 12.6 Å². The topological polar surface area (TPSA) is 39.9 Å². The summed E-state index contributed by atoms with van der Waals surface area (Å²) < 4.78 is 52.1. The van der Waals surface area contributed by atoms with E-state index in [0.717, 1.165) is 28.6 Å². The lowest BCUT2D eigenvalue weighted by Crippen LogP contribution is -2.30. The largest absolute Gasteiger partial charge is 0.417 e. The van der Waals surface area contributed by atoms with E-state index >= 15 is 0 Å². The number of nitrogens with one attached hydrogen (secondary N) is 3. The number of anilines is 1. The lowest BCUT2D eigenvalue weighted by Gasteiger charge is -2.14. The molecule has 0 saturated carbocycles. The van der Waals surface area contributed by atoms with Gasteiger partial charge in [0.2, 0.25) is 0 Å². The van der Waals surface area contributed by atoms with Crippen molar-refractivity contribution in [2.75, 3.05) is 11.9 Å². The Kier molecular flexibility index (Phi) is 5.57. The average Bonchev–Trinajstić information content (AvgIpc) is 2.98. The highest BCUT2D eigenvalue weighted by Gasteiger charge is 2.33. The number of thiocarbonyl (C=S) groups is 1. The zero-order valence-corrected chi connectivity index (χ0v) is 15.3. The van der Waals surface area contributed by atoms with Gasteiger partial charge in [0.25, 0.3) is 0 Å². The zero-order valence-electron chi connectivity index (χ0n) is 13.8. The van der Waals surface area contributed by atoms with Crippen LogP contribution in [0.2, 0.25) is 5.02 Å². The minimum Gasteiger partial charge on any atom is -0.362 e. The molecule has 0 radical (unpaired) electrons. The number of alkyl halides is 3. The van der Waals surface area contributed by atoms with Gasteiger partial charge in [-0.15, -0.1) is 0 Å². The van der Waals surface area contributed by atoms with E-state index in [2.05, 4.69) is 15.6 Å². The van der Waals surface area contributed by atoms with Crippen LogP contribution in [0.1, 0.15) is 11.1 Å². The zero-order chi connectivity index (χ0) is 19.6.